The van der Waals surface area contributed by atoms with E-state index in [0.29, 0.717) is 0 Å². The Morgan fingerprint density at radius 1 is 1.50 bits per heavy atom. The maximum Gasteiger partial charge on any atom is 0.308 e. The lowest BCUT2D eigenvalue weighted by Crippen LogP contribution is -2.22. The summed E-state index contributed by atoms with van der Waals surface area (Å²) in [6.45, 7) is 7.40. The first-order valence-corrected chi connectivity index (χ1v) is 3.22. The molecule has 0 unspecified atom stereocenters. The van der Waals surface area contributed by atoms with Gasteiger partial charge in [-0.2, -0.15) is 0 Å². The summed E-state index contributed by atoms with van der Waals surface area (Å²) in [5.74, 6) is 0. The molecule has 0 atom stereocenters. The third kappa shape index (κ3) is 5.28. The summed E-state index contributed by atoms with van der Waals surface area (Å²) in [5.41, 5.74) is -0.316. The fraction of sp³-hybridized carbons (Fsp3) is 0.714. The number of aliphatic imine (C=N–C) groups is 1. The molecule has 0 heterocycles. The lowest BCUT2D eigenvalue weighted by Gasteiger charge is -2.18. The van der Waals surface area contributed by atoms with Gasteiger partial charge >= 0.3 is 6.02 Å². The van der Waals surface area contributed by atoms with Crippen LogP contribution in [0.2, 0.25) is 0 Å². The molecule has 0 saturated carbocycles. The highest BCUT2D eigenvalue weighted by Gasteiger charge is 2.12. The molecule has 0 bridgehead atoms. The smallest absolute Gasteiger partial charge is 0.308 e. The zero-order chi connectivity index (χ0) is 8.20. The maximum absolute atomic E-state index is 7.12. The fourth-order valence-corrected chi connectivity index (χ4v) is 0.434. The van der Waals surface area contributed by atoms with Crippen molar-refractivity contribution >= 4 is 12.2 Å². The molecule has 0 amide bonds. The highest BCUT2D eigenvalue weighted by molar-refractivity contribution is 5.80. The number of rotatable bonds is 0. The van der Waals surface area contributed by atoms with Gasteiger partial charge in [-0.05, 0) is 27.7 Å². The van der Waals surface area contributed by atoms with Crippen LogP contribution < -0.4 is 0 Å². The Kier molecular flexibility index (Phi) is 3.06. The van der Waals surface area contributed by atoms with Crippen molar-refractivity contribution in [2.24, 2.45) is 4.99 Å². The van der Waals surface area contributed by atoms with Crippen LogP contribution in [-0.2, 0) is 4.74 Å². The Labute approximate surface area is 61.6 Å². The van der Waals surface area contributed by atoms with E-state index in [1.165, 1.54) is 6.21 Å². The van der Waals surface area contributed by atoms with Crippen LogP contribution >= 0.6 is 0 Å². The van der Waals surface area contributed by atoms with Gasteiger partial charge in [0.2, 0.25) is 0 Å². The van der Waals surface area contributed by atoms with Gasteiger partial charge in [0.25, 0.3) is 0 Å². The molecule has 0 aromatic carbocycles. The molecular weight excluding hydrogens is 128 g/mol. The van der Waals surface area contributed by atoms with Crippen LogP contribution in [0.5, 0.6) is 0 Å². The van der Waals surface area contributed by atoms with Crippen molar-refractivity contribution in [3.05, 3.63) is 0 Å². The molecule has 3 nitrogen and oxygen atoms in total. The molecule has 0 aliphatic heterocycles. The SMILES string of the molecule is CC=NC(=N)OC(C)(C)C. The first kappa shape index (κ1) is 9.14. The van der Waals surface area contributed by atoms with Crippen molar-refractivity contribution in [3.63, 3.8) is 0 Å². The van der Waals surface area contributed by atoms with Gasteiger partial charge in [-0.25, -0.2) is 10.4 Å². The van der Waals surface area contributed by atoms with Gasteiger partial charge in [-0.15, -0.1) is 0 Å². The number of nitrogens with zero attached hydrogens (tertiary/aromatic N) is 1. The summed E-state index contributed by atoms with van der Waals surface area (Å²) in [6.07, 6.45) is 1.54. The molecule has 0 fully saturated rings. The molecule has 0 saturated heterocycles. The van der Waals surface area contributed by atoms with Crippen molar-refractivity contribution in [2.45, 2.75) is 33.3 Å². The van der Waals surface area contributed by atoms with Gasteiger partial charge in [-0.3, -0.25) is 0 Å². The van der Waals surface area contributed by atoms with E-state index in [-0.39, 0.29) is 11.6 Å². The van der Waals surface area contributed by atoms with Crippen LogP contribution in [0.1, 0.15) is 27.7 Å². The molecule has 0 aliphatic rings. The molecule has 0 aliphatic carbocycles. The Morgan fingerprint density at radius 3 is 2.30 bits per heavy atom. The zero-order valence-electron chi connectivity index (χ0n) is 6.93. The Balaban J connectivity index is 3.81. The largest absolute Gasteiger partial charge is 0.458 e. The van der Waals surface area contributed by atoms with Crippen LogP contribution in [0, 0.1) is 5.41 Å². The third-order valence-corrected chi connectivity index (χ3v) is 0.649. The summed E-state index contributed by atoms with van der Waals surface area (Å²) in [6, 6.07) is -0.0324. The van der Waals surface area contributed by atoms with Gasteiger partial charge in [0.1, 0.15) is 5.60 Å². The Bertz CT molecular complexity index is 144. The summed E-state index contributed by atoms with van der Waals surface area (Å²) in [7, 11) is 0. The van der Waals surface area contributed by atoms with E-state index in [1.54, 1.807) is 6.92 Å². The van der Waals surface area contributed by atoms with E-state index in [2.05, 4.69) is 4.99 Å². The Morgan fingerprint density at radius 2 is 2.00 bits per heavy atom. The minimum atomic E-state index is -0.316. The van der Waals surface area contributed by atoms with Crippen molar-refractivity contribution in [1.29, 1.82) is 5.41 Å². The van der Waals surface area contributed by atoms with E-state index in [9.17, 15) is 0 Å². The summed E-state index contributed by atoms with van der Waals surface area (Å²) in [4.78, 5) is 3.65. The first-order chi connectivity index (χ1) is 4.45. The van der Waals surface area contributed by atoms with Crippen LogP contribution in [0.25, 0.3) is 0 Å². The standard InChI is InChI=1S/C7H14N2O/c1-5-9-6(8)10-7(2,3)4/h5,8H,1-4H3. The minimum absolute atomic E-state index is 0.0324. The van der Waals surface area contributed by atoms with Gasteiger partial charge in [0.05, 0.1) is 0 Å². The molecule has 0 radical (unpaired) electrons. The van der Waals surface area contributed by atoms with Crippen LogP contribution in [-0.4, -0.2) is 17.8 Å². The van der Waals surface area contributed by atoms with Crippen molar-refractivity contribution in [3.8, 4) is 0 Å². The van der Waals surface area contributed by atoms with Gasteiger partial charge in [0.15, 0.2) is 0 Å². The molecule has 0 aromatic heterocycles. The maximum atomic E-state index is 7.12. The predicted octanol–water partition coefficient (Wildman–Crippen LogP) is 1.83. The zero-order valence-corrected chi connectivity index (χ0v) is 6.93. The lowest BCUT2D eigenvalue weighted by molar-refractivity contribution is 0.113. The summed E-state index contributed by atoms with van der Waals surface area (Å²) >= 11 is 0. The number of hydrogen-bond donors (Lipinski definition) is 1. The van der Waals surface area contributed by atoms with E-state index < -0.39 is 0 Å². The van der Waals surface area contributed by atoms with Crippen LogP contribution in [0.3, 0.4) is 0 Å². The second-order valence-electron chi connectivity index (χ2n) is 2.91. The molecule has 58 valence electrons. The molecule has 10 heavy (non-hydrogen) atoms. The van der Waals surface area contributed by atoms with Crippen molar-refractivity contribution in [2.75, 3.05) is 0 Å². The quantitative estimate of drug-likeness (QED) is 0.407. The van der Waals surface area contributed by atoms with Gasteiger partial charge in [0, 0.05) is 6.21 Å². The van der Waals surface area contributed by atoms with Gasteiger partial charge in [-0.1, -0.05) is 0 Å². The molecule has 0 aromatic rings. The second-order valence-corrected chi connectivity index (χ2v) is 2.91. The normalized spacial score (nSPS) is 12.0. The molecule has 0 spiro atoms. The molecule has 0 rings (SSSR count). The van der Waals surface area contributed by atoms with Crippen molar-refractivity contribution < 1.29 is 4.74 Å². The minimum Gasteiger partial charge on any atom is -0.458 e. The summed E-state index contributed by atoms with van der Waals surface area (Å²) < 4.78 is 5.06. The number of nitrogens with one attached hydrogen (secondary N) is 1. The molecule has 1 N–H and O–H groups in total. The average Bonchev–Trinajstić information content (AvgIpc) is 1.59. The number of hydrogen-bond acceptors (Lipinski definition) is 2. The topological polar surface area (TPSA) is 45.4 Å². The first-order valence-electron chi connectivity index (χ1n) is 3.22. The van der Waals surface area contributed by atoms with E-state index in [1.807, 2.05) is 20.8 Å². The average molecular weight is 142 g/mol. The highest BCUT2D eigenvalue weighted by Crippen LogP contribution is 2.06. The predicted molar refractivity (Wildman–Crippen MR) is 42.7 cm³/mol. The fourth-order valence-electron chi connectivity index (χ4n) is 0.434. The van der Waals surface area contributed by atoms with E-state index in [4.69, 9.17) is 10.1 Å². The van der Waals surface area contributed by atoms with Crippen LogP contribution in [0.4, 0.5) is 0 Å². The van der Waals surface area contributed by atoms with Gasteiger partial charge < -0.3 is 4.74 Å². The van der Waals surface area contributed by atoms with Crippen molar-refractivity contribution in [1.82, 2.24) is 0 Å². The Hall–Kier alpha value is -0.860. The van der Waals surface area contributed by atoms with Crippen LogP contribution in [0.15, 0.2) is 4.99 Å². The lowest BCUT2D eigenvalue weighted by atomic mass is 10.2. The highest BCUT2D eigenvalue weighted by atomic mass is 16.5. The van der Waals surface area contributed by atoms with E-state index in [0.717, 1.165) is 0 Å². The third-order valence-electron chi connectivity index (χ3n) is 0.649. The number of ether oxygens (including phenoxy) is 1. The molecular formula is C7H14N2O. The monoisotopic (exact) mass is 142 g/mol. The second kappa shape index (κ2) is 3.34. The summed E-state index contributed by atoms with van der Waals surface area (Å²) in [5, 5.41) is 7.12. The molecule has 3 heteroatoms. The number of amidine groups is 1. The van der Waals surface area contributed by atoms with E-state index >= 15 is 0 Å².